The van der Waals surface area contributed by atoms with Gasteiger partial charge in [-0.2, -0.15) is 0 Å². The summed E-state index contributed by atoms with van der Waals surface area (Å²) in [5.74, 6) is -0.451. The van der Waals surface area contributed by atoms with Gasteiger partial charge in [-0.1, -0.05) is 23.2 Å². The van der Waals surface area contributed by atoms with Crippen LogP contribution >= 0.6 is 23.2 Å². The second-order valence-corrected chi connectivity index (χ2v) is 4.64. The van der Waals surface area contributed by atoms with Crippen molar-refractivity contribution in [2.75, 3.05) is 0 Å². The van der Waals surface area contributed by atoms with E-state index in [1.165, 1.54) is 25.1 Å². The lowest BCUT2D eigenvalue weighted by Crippen LogP contribution is -2.36. The number of nitrogens with one attached hydrogen (secondary N) is 1. The predicted molar refractivity (Wildman–Crippen MR) is 72.7 cm³/mol. The second-order valence-electron chi connectivity index (χ2n) is 3.80. The van der Waals surface area contributed by atoms with E-state index in [0.717, 1.165) is 10.8 Å². The largest absolute Gasteiger partial charge is 0.333 e. The minimum Gasteiger partial charge on any atom is -0.313 e. The highest BCUT2D eigenvalue weighted by molar-refractivity contribution is 6.34. The van der Waals surface area contributed by atoms with Crippen LogP contribution in [0.15, 0.2) is 34.0 Å². The number of halogens is 2. The summed E-state index contributed by atoms with van der Waals surface area (Å²) in [5, 5.41) is 0.497. The normalized spacial score (nSPS) is 10.5. The van der Waals surface area contributed by atoms with E-state index in [4.69, 9.17) is 23.2 Å². The Morgan fingerprint density at radius 2 is 1.95 bits per heavy atom. The van der Waals surface area contributed by atoms with Crippen LogP contribution in [0.3, 0.4) is 0 Å². The molecule has 7 heteroatoms. The zero-order valence-electron chi connectivity index (χ0n) is 9.74. The molecule has 0 atom stereocenters. The first kappa shape index (κ1) is 13.6. The van der Waals surface area contributed by atoms with E-state index >= 15 is 0 Å². The van der Waals surface area contributed by atoms with Gasteiger partial charge in [-0.05, 0) is 25.1 Å². The fraction of sp³-hybridized carbons (Fsp3) is 0.0833. The molecule has 1 heterocycles. The Hall–Kier alpha value is -1.85. The standard InChI is InChI=1S/C12H8Cl2N2O3/c1-6(17)8-5-15-12(19)16(11(8)18)10-4-7(13)2-3-9(10)14/h2-5H,1H3,(H,15,19). The molecule has 0 spiro atoms. The highest BCUT2D eigenvalue weighted by Crippen LogP contribution is 2.22. The quantitative estimate of drug-likeness (QED) is 0.862. The minimum atomic E-state index is -0.736. The highest BCUT2D eigenvalue weighted by Gasteiger charge is 2.14. The van der Waals surface area contributed by atoms with Gasteiger partial charge < -0.3 is 4.98 Å². The Balaban J connectivity index is 2.86. The average molecular weight is 299 g/mol. The van der Waals surface area contributed by atoms with E-state index in [9.17, 15) is 14.4 Å². The summed E-state index contributed by atoms with van der Waals surface area (Å²) in [7, 11) is 0. The number of H-pyrrole nitrogens is 1. The van der Waals surface area contributed by atoms with Crippen LogP contribution in [-0.4, -0.2) is 15.3 Å². The van der Waals surface area contributed by atoms with Crippen LogP contribution < -0.4 is 11.2 Å². The fourth-order valence-electron chi connectivity index (χ4n) is 1.60. The first-order valence-electron chi connectivity index (χ1n) is 5.23. The smallest absolute Gasteiger partial charge is 0.313 e. The molecule has 0 saturated heterocycles. The van der Waals surface area contributed by atoms with E-state index < -0.39 is 17.0 Å². The van der Waals surface area contributed by atoms with Crippen molar-refractivity contribution in [2.45, 2.75) is 6.92 Å². The number of carbonyl (C=O) groups is 1. The maximum absolute atomic E-state index is 12.1. The van der Waals surface area contributed by atoms with Crippen molar-refractivity contribution >= 4 is 29.0 Å². The molecular formula is C12H8Cl2N2O3. The summed E-state index contributed by atoms with van der Waals surface area (Å²) in [6, 6.07) is 4.37. The topological polar surface area (TPSA) is 71.9 Å². The van der Waals surface area contributed by atoms with Crippen LogP contribution in [0.25, 0.3) is 5.69 Å². The van der Waals surface area contributed by atoms with Crippen molar-refractivity contribution in [1.29, 1.82) is 0 Å². The van der Waals surface area contributed by atoms with Crippen LogP contribution in [0, 0.1) is 0 Å². The molecular weight excluding hydrogens is 291 g/mol. The Bertz CT molecular complexity index is 777. The van der Waals surface area contributed by atoms with Crippen molar-refractivity contribution in [1.82, 2.24) is 9.55 Å². The number of aromatic nitrogens is 2. The molecule has 0 aliphatic rings. The summed E-state index contributed by atoms with van der Waals surface area (Å²) in [5.41, 5.74) is -1.43. The van der Waals surface area contributed by atoms with Gasteiger partial charge in [-0.15, -0.1) is 0 Å². The number of rotatable bonds is 2. The second kappa shape index (κ2) is 5.03. The molecule has 0 radical (unpaired) electrons. The minimum absolute atomic E-state index is 0.128. The maximum Gasteiger partial charge on any atom is 0.333 e. The van der Waals surface area contributed by atoms with E-state index in [0.29, 0.717) is 5.02 Å². The first-order chi connectivity index (χ1) is 8.91. The average Bonchev–Trinajstić information content (AvgIpc) is 2.33. The van der Waals surface area contributed by atoms with Gasteiger partial charge in [0.05, 0.1) is 16.3 Å². The number of Topliss-reactive ketones (excluding diaryl/α,β-unsaturated/α-hetero) is 1. The fourth-order valence-corrected chi connectivity index (χ4v) is 1.97. The Kier molecular flexibility index (Phi) is 3.59. The van der Waals surface area contributed by atoms with Crippen LogP contribution in [0.1, 0.15) is 17.3 Å². The van der Waals surface area contributed by atoms with Gasteiger partial charge >= 0.3 is 5.69 Å². The number of ketones is 1. The van der Waals surface area contributed by atoms with Gasteiger partial charge in [-0.3, -0.25) is 9.59 Å². The summed E-state index contributed by atoms with van der Waals surface area (Å²) >= 11 is 11.8. The number of hydrogen-bond acceptors (Lipinski definition) is 3. The van der Waals surface area contributed by atoms with Gasteiger partial charge in [-0.25, -0.2) is 9.36 Å². The zero-order chi connectivity index (χ0) is 14.2. The number of aromatic amines is 1. The molecule has 0 amide bonds. The molecule has 0 aliphatic heterocycles. The molecule has 0 bridgehead atoms. The highest BCUT2D eigenvalue weighted by atomic mass is 35.5. The SMILES string of the molecule is CC(=O)c1c[nH]c(=O)n(-c2cc(Cl)ccc2Cl)c1=O. The molecule has 2 rings (SSSR count). The molecule has 5 nitrogen and oxygen atoms in total. The zero-order valence-corrected chi connectivity index (χ0v) is 11.2. The molecule has 0 saturated carbocycles. The molecule has 0 unspecified atom stereocenters. The van der Waals surface area contributed by atoms with Crippen LogP contribution in [0.4, 0.5) is 0 Å². The summed E-state index contributed by atoms with van der Waals surface area (Å²) in [6.45, 7) is 1.24. The van der Waals surface area contributed by atoms with Gasteiger partial charge in [0.2, 0.25) is 0 Å². The van der Waals surface area contributed by atoms with E-state index in [-0.39, 0.29) is 16.3 Å². The maximum atomic E-state index is 12.1. The number of benzene rings is 1. The van der Waals surface area contributed by atoms with Crippen molar-refractivity contribution in [3.05, 3.63) is 60.8 Å². The Morgan fingerprint density at radius 1 is 1.26 bits per heavy atom. The van der Waals surface area contributed by atoms with E-state index in [1.54, 1.807) is 0 Å². The molecule has 19 heavy (non-hydrogen) atoms. The number of nitrogens with zero attached hydrogens (tertiary/aromatic N) is 1. The lowest BCUT2D eigenvalue weighted by molar-refractivity contribution is 0.101. The Morgan fingerprint density at radius 3 is 2.58 bits per heavy atom. The number of carbonyl (C=O) groups excluding carboxylic acids is 1. The molecule has 0 aliphatic carbocycles. The molecule has 1 aromatic heterocycles. The lowest BCUT2D eigenvalue weighted by atomic mass is 10.2. The third-order valence-corrected chi connectivity index (χ3v) is 3.06. The van der Waals surface area contributed by atoms with Crippen molar-refractivity contribution in [2.24, 2.45) is 0 Å². The molecule has 2 aromatic rings. The summed E-state index contributed by atoms with van der Waals surface area (Å²) < 4.78 is 0.783. The van der Waals surface area contributed by atoms with Crippen molar-refractivity contribution < 1.29 is 4.79 Å². The molecule has 0 fully saturated rings. The van der Waals surface area contributed by atoms with Crippen LogP contribution in [-0.2, 0) is 0 Å². The first-order valence-corrected chi connectivity index (χ1v) is 5.98. The molecule has 1 aromatic carbocycles. The molecule has 98 valence electrons. The van der Waals surface area contributed by atoms with Crippen molar-refractivity contribution in [3.63, 3.8) is 0 Å². The Labute approximate surface area is 117 Å². The lowest BCUT2D eigenvalue weighted by Gasteiger charge is -2.08. The van der Waals surface area contributed by atoms with Crippen LogP contribution in [0.5, 0.6) is 0 Å². The van der Waals surface area contributed by atoms with Gasteiger partial charge in [0.15, 0.2) is 5.78 Å². The molecule has 1 N–H and O–H groups in total. The van der Waals surface area contributed by atoms with Crippen molar-refractivity contribution in [3.8, 4) is 5.69 Å². The van der Waals surface area contributed by atoms with E-state index in [2.05, 4.69) is 4.98 Å². The van der Waals surface area contributed by atoms with E-state index in [1.807, 2.05) is 0 Å². The monoisotopic (exact) mass is 298 g/mol. The third-order valence-electron chi connectivity index (χ3n) is 2.50. The summed E-state index contributed by atoms with van der Waals surface area (Å²) in [4.78, 5) is 37.5. The van der Waals surface area contributed by atoms with Gasteiger partial charge in [0.1, 0.15) is 0 Å². The summed E-state index contributed by atoms with van der Waals surface area (Å²) in [6.07, 6.45) is 1.09. The van der Waals surface area contributed by atoms with Gasteiger partial charge in [0, 0.05) is 11.2 Å². The van der Waals surface area contributed by atoms with Crippen LogP contribution in [0.2, 0.25) is 10.0 Å². The van der Waals surface area contributed by atoms with Gasteiger partial charge in [0.25, 0.3) is 5.56 Å². The third kappa shape index (κ3) is 2.47. The predicted octanol–water partition coefficient (Wildman–Crippen LogP) is 2.04. The number of hydrogen-bond donors (Lipinski definition) is 1.